The molecule has 0 N–H and O–H groups in total. The maximum absolute atomic E-state index is 11.5. The molecule has 0 unspecified atom stereocenters. The molecule has 0 amide bonds. The van der Waals surface area contributed by atoms with Crippen LogP contribution in [0, 0.1) is 0 Å². The number of ether oxygens (including phenoxy) is 2. The summed E-state index contributed by atoms with van der Waals surface area (Å²) < 4.78 is 11.0. The Morgan fingerprint density at radius 1 is 1.08 bits per heavy atom. The molecule has 0 heterocycles. The molecule has 2 aromatic carbocycles. The molecule has 0 atom stereocenters. The van der Waals surface area contributed by atoms with Gasteiger partial charge in [0.05, 0.1) is 6.61 Å². The van der Waals surface area contributed by atoms with Gasteiger partial charge >= 0.3 is 5.97 Å². The Hall–Kier alpha value is -2.55. The number of carbonyl (C=O) groups is 1. The second kappa shape index (κ2) is 8.52. The SMILES string of the molecule is CCOC(=O)C=Cc1ccc(OCc2ccccc2)c(C(C)(C)C)c1. The predicted octanol–water partition coefficient (Wildman–Crippen LogP) is 5.14. The van der Waals surface area contributed by atoms with Crippen LogP contribution in [0.3, 0.4) is 0 Å². The van der Waals surface area contributed by atoms with Crippen molar-refractivity contribution in [3.05, 3.63) is 71.3 Å². The average molecular weight is 338 g/mol. The second-order valence-electron chi connectivity index (χ2n) is 6.87. The van der Waals surface area contributed by atoms with Gasteiger partial charge in [0.1, 0.15) is 12.4 Å². The smallest absolute Gasteiger partial charge is 0.330 e. The first-order valence-corrected chi connectivity index (χ1v) is 8.56. The minimum atomic E-state index is -0.329. The van der Waals surface area contributed by atoms with E-state index in [0.717, 1.165) is 22.4 Å². The largest absolute Gasteiger partial charge is 0.489 e. The van der Waals surface area contributed by atoms with Crippen molar-refractivity contribution >= 4 is 12.0 Å². The fourth-order valence-corrected chi connectivity index (χ4v) is 2.45. The molecule has 0 saturated carbocycles. The highest BCUT2D eigenvalue weighted by atomic mass is 16.5. The molecule has 0 aromatic heterocycles. The third-order valence-corrected chi connectivity index (χ3v) is 3.75. The number of rotatable bonds is 6. The van der Waals surface area contributed by atoms with Gasteiger partial charge in [0.25, 0.3) is 0 Å². The molecule has 25 heavy (non-hydrogen) atoms. The van der Waals surface area contributed by atoms with Crippen LogP contribution in [0.5, 0.6) is 5.75 Å². The second-order valence-corrected chi connectivity index (χ2v) is 6.87. The Morgan fingerprint density at radius 2 is 1.80 bits per heavy atom. The first-order chi connectivity index (χ1) is 11.9. The monoisotopic (exact) mass is 338 g/mol. The van der Waals surface area contributed by atoms with Gasteiger partial charge in [-0.2, -0.15) is 0 Å². The molecule has 0 spiro atoms. The lowest BCUT2D eigenvalue weighted by atomic mass is 9.85. The number of hydrogen-bond donors (Lipinski definition) is 0. The number of hydrogen-bond acceptors (Lipinski definition) is 3. The summed E-state index contributed by atoms with van der Waals surface area (Å²) in [4.78, 5) is 11.5. The molecular weight excluding hydrogens is 312 g/mol. The Balaban J connectivity index is 2.21. The van der Waals surface area contributed by atoms with E-state index in [-0.39, 0.29) is 11.4 Å². The van der Waals surface area contributed by atoms with Crippen LogP contribution in [0.1, 0.15) is 44.4 Å². The molecule has 0 aliphatic heterocycles. The summed E-state index contributed by atoms with van der Waals surface area (Å²) in [5.41, 5.74) is 3.12. The molecule has 132 valence electrons. The molecule has 3 heteroatoms. The maximum atomic E-state index is 11.5. The van der Waals surface area contributed by atoms with E-state index in [4.69, 9.17) is 9.47 Å². The highest BCUT2D eigenvalue weighted by molar-refractivity contribution is 5.87. The Morgan fingerprint density at radius 3 is 2.44 bits per heavy atom. The molecule has 0 radical (unpaired) electrons. The van der Waals surface area contributed by atoms with Crippen molar-refractivity contribution in [3.63, 3.8) is 0 Å². The fraction of sp³-hybridized carbons (Fsp3) is 0.318. The quantitative estimate of drug-likeness (QED) is 0.540. The molecule has 0 aliphatic carbocycles. The van der Waals surface area contributed by atoms with Crippen molar-refractivity contribution in [2.45, 2.75) is 39.7 Å². The summed E-state index contributed by atoms with van der Waals surface area (Å²) >= 11 is 0. The van der Waals surface area contributed by atoms with Gasteiger partial charge in [-0.1, -0.05) is 57.2 Å². The van der Waals surface area contributed by atoms with Crippen LogP contribution in [0.15, 0.2) is 54.6 Å². The summed E-state index contributed by atoms with van der Waals surface area (Å²) in [5, 5.41) is 0. The molecule has 2 rings (SSSR count). The van der Waals surface area contributed by atoms with E-state index >= 15 is 0 Å². The molecule has 2 aromatic rings. The van der Waals surface area contributed by atoms with Crippen LogP contribution in [-0.4, -0.2) is 12.6 Å². The number of carbonyl (C=O) groups excluding carboxylic acids is 1. The first-order valence-electron chi connectivity index (χ1n) is 8.56. The van der Waals surface area contributed by atoms with Crippen LogP contribution >= 0.6 is 0 Å². The first kappa shape index (κ1) is 18.8. The van der Waals surface area contributed by atoms with E-state index in [9.17, 15) is 4.79 Å². The minimum Gasteiger partial charge on any atom is -0.489 e. The maximum Gasteiger partial charge on any atom is 0.330 e. The van der Waals surface area contributed by atoms with Gasteiger partial charge in [-0.15, -0.1) is 0 Å². The van der Waals surface area contributed by atoms with Gasteiger partial charge in [0.2, 0.25) is 0 Å². The fourth-order valence-electron chi connectivity index (χ4n) is 2.45. The van der Waals surface area contributed by atoms with Crippen molar-refractivity contribution in [3.8, 4) is 5.75 Å². The lowest BCUT2D eigenvalue weighted by Crippen LogP contribution is -2.13. The van der Waals surface area contributed by atoms with E-state index in [2.05, 4.69) is 26.8 Å². The highest BCUT2D eigenvalue weighted by Crippen LogP contribution is 2.33. The van der Waals surface area contributed by atoms with Gasteiger partial charge < -0.3 is 9.47 Å². The number of esters is 1. The zero-order valence-electron chi connectivity index (χ0n) is 15.4. The van der Waals surface area contributed by atoms with Gasteiger partial charge in [-0.05, 0) is 41.7 Å². The van der Waals surface area contributed by atoms with Gasteiger partial charge in [0, 0.05) is 11.6 Å². The zero-order valence-corrected chi connectivity index (χ0v) is 15.4. The Bertz CT molecular complexity index is 725. The lowest BCUT2D eigenvalue weighted by molar-refractivity contribution is -0.137. The molecule has 0 aliphatic rings. The molecular formula is C22H26O3. The summed E-state index contributed by atoms with van der Waals surface area (Å²) in [5.74, 6) is 0.536. The van der Waals surface area contributed by atoms with Crippen LogP contribution in [0.4, 0.5) is 0 Å². The van der Waals surface area contributed by atoms with Gasteiger partial charge in [0.15, 0.2) is 0 Å². The summed E-state index contributed by atoms with van der Waals surface area (Å²) in [6.45, 7) is 9.15. The van der Waals surface area contributed by atoms with Crippen LogP contribution in [0.2, 0.25) is 0 Å². The molecule has 3 nitrogen and oxygen atoms in total. The standard InChI is InChI=1S/C22H26O3/c1-5-24-21(23)14-12-17-11-13-20(19(15-17)22(2,3)4)25-16-18-9-7-6-8-10-18/h6-15H,5,16H2,1-4H3. The third kappa shape index (κ3) is 5.79. The zero-order chi connectivity index (χ0) is 18.3. The number of benzene rings is 2. The molecule has 0 bridgehead atoms. The highest BCUT2D eigenvalue weighted by Gasteiger charge is 2.19. The van der Waals surface area contributed by atoms with Crippen molar-refractivity contribution in [2.24, 2.45) is 0 Å². The molecule has 0 fully saturated rings. The minimum absolute atomic E-state index is 0.0696. The van der Waals surface area contributed by atoms with Crippen LogP contribution in [0.25, 0.3) is 6.08 Å². The van der Waals surface area contributed by atoms with Crippen molar-refractivity contribution in [2.75, 3.05) is 6.61 Å². The Labute approximate surface area is 150 Å². The van der Waals surface area contributed by atoms with Crippen molar-refractivity contribution < 1.29 is 14.3 Å². The van der Waals surface area contributed by atoms with E-state index < -0.39 is 0 Å². The normalized spacial score (nSPS) is 11.5. The summed E-state index contributed by atoms with van der Waals surface area (Å²) in [7, 11) is 0. The van der Waals surface area contributed by atoms with Crippen molar-refractivity contribution in [1.29, 1.82) is 0 Å². The van der Waals surface area contributed by atoms with Gasteiger partial charge in [-0.25, -0.2) is 4.79 Å². The Kier molecular flexibility index (Phi) is 6.40. The van der Waals surface area contributed by atoms with Crippen molar-refractivity contribution in [1.82, 2.24) is 0 Å². The molecule has 0 saturated heterocycles. The topological polar surface area (TPSA) is 35.5 Å². The van der Waals surface area contributed by atoms with Crippen LogP contribution < -0.4 is 4.74 Å². The summed E-state index contributed by atoms with van der Waals surface area (Å²) in [6.07, 6.45) is 3.23. The van der Waals surface area contributed by atoms with E-state index in [1.807, 2.05) is 42.5 Å². The van der Waals surface area contributed by atoms with Gasteiger partial charge in [-0.3, -0.25) is 0 Å². The lowest BCUT2D eigenvalue weighted by Gasteiger charge is -2.23. The summed E-state index contributed by atoms with van der Waals surface area (Å²) in [6, 6.07) is 16.1. The predicted molar refractivity (Wildman–Crippen MR) is 102 cm³/mol. The van der Waals surface area contributed by atoms with E-state index in [1.54, 1.807) is 13.0 Å². The van der Waals surface area contributed by atoms with E-state index in [1.165, 1.54) is 6.08 Å². The third-order valence-electron chi connectivity index (χ3n) is 3.75. The average Bonchev–Trinajstić information content (AvgIpc) is 2.59. The van der Waals surface area contributed by atoms with Crippen LogP contribution in [-0.2, 0) is 21.6 Å². The van der Waals surface area contributed by atoms with E-state index in [0.29, 0.717) is 13.2 Å².